The molecule has 0 fully saturated rings. The van der Waals surface area contributed by atoms with E-state index in [1.807, 2.05) is 31.3 Å². The lowest BCUT2D eigenvalue weighted by Crippen LogP contribution is -2.11. The highest BCUT2D eigenvalue weighted by Crippen LogP contribution is 2.26. The molecule has 0 heterocycles. The average molecular weight is 310 g/mol. The van der Waals surface area contributed by atoms with Crippen molar-refractivity contribution in [1.29, 1.82) is 0 Å². The van der Waals surface area contributed by atoms with Gasteiger partial charge in [0.05, 0.1) is 10.0 Å². The van der Waals surface area contributed by atoms with Crippen molar-refractivity contribution in [3.63, 3.8) is 0 Å². The van der Waals surface area contributed by atoms with Crippen molar-refractivity contribution >= 4 is 23.2 Å². The van der Waals surface area contributed by atoms with Crippen LogP contribution in [0.3, 0.4) is 0 Å². The van der Waals surface area contributed by atoms with Gasteiger partial charge in [-0.25, -0.2) is 0 Å². The first kappa shape index (κ1) is 15.2. The topological polar surface area (TPSA) is 21.3 Å². The molecular weight excluding hydrogens is 293 g/mol. The van der Waals surface area contributed by atoms with Crippen LogP contribution < -0.4 is 10.1 Å². The van der Waals surface area contributed by atoms with Crippen molar-refractivity contribution in [2.45, 2.75) is 19.6 Å². The van der Waals surface area contributed by atoms with Crippen LogP contribution in [-0.4, -0.2) is 7.05 Å². The summed E-state index contributed by atoms with van der Waals surface area (Å²) in [6.07, 6.45) is 0. The van der Waals surface area contributed by atoms with E-state index in [1.54, 1.807) is 6.07 Å². The second-order valence-electron chi connectivity index (χ2n) is 4.58. The van der Waals surface area contributed by atoms with Gasteiger partial charge in [0.2, 0.25) is 0 Å². The lowest BCUT2D eigenvalue weighted by atomic mass is 10.1. The molecule has 0 aromatic heterocycles. The lowest BCUT2D eigenvalue weighted by Gasteiger charge is -2.12. The Labute approximate surface area is 129 Å². The Morgan fingerprint density at radius 3 is 2.45 bits per heavy atom. The Balaban J connectivity index is 2.02. The average Bonchev–Trinajstić information content (AvgIpc) is 2.48. The van der Waals surface area contributed by atoms with E-state index in [2.05, 4.69) is 24.4 Å². The van der Waals surface area contributed by atoms with Gasteiger partial charge in [-0.1, -0.05) is 47.5 Å². The minimum atomic E-state index is 0.325. The van der Waals surface area contributed by atoms with Gasteiger partial charge < -0.3 is 10.1 Å². The Hall–Kier alpha value is -1.22. The fourth-order valence-electron chi connectivity index (χ4n) is 1.84. The van der Waals surface area contributed by atoms with E-state index in [4.69, 9.17) is 27.9 Å². The first-order valence-corrected chi connectivity index (χ1v) is 7.20. The molecule has 1 unspecified atom stereocenters. The summed E-state index contributed by atoms with van der Waals surface area (Å²) in [4.78, 5) is 0. The summed E-state index contributed by atoms with van der Waals surface area (Å²) in [5.74, 6) is 0.813. The molecule has 0 aliphatic rings. The predicted molar refractivity (Wildman–Crippen MR) is 84.7 cm³/mol. The van der Waals surface area contributed by atoms with E-state index in [0.717, 1.165) is 11.3 Å². The van der Waals surface area contributed by atoms with Crippen molar-refractivity contribution in [3.05, 3.63) is 63.6 Å². The zero-order valence-corrected chi connectivity index (χ0v) is 13.0. The molecule has 2 nitrogen and oxygen atoms in total. The molecule has 2 aromatic carbocycles. The predicted octanol–water partition coefficient (Wildman–Crippen LogP) is 4.85. The van der Waals surface area contributed by atoms with Gasteiger partial charge in [0.25, 0.3) is 0 Å². The number of rotatable bonds is 5. The molecule has 1 atom stereocenters. The van der Waals surface area contributed by atoms with Crippen molar-refractivity contribution in [2.24, 2.45) is 0 Å². The fourth-order valence-corrected chi connectivity index (χ4v) is 2.22. The largest absolute Gasteiger partial charge is 0.489 e. The summed E-state index contributed by atoms with van der Waals surface area (Å²) in [5, 5.41) is 4.30. The molecule has 0 saturated carbocycles. The van der Waals surface area contributed by atoms with Crippen molar-refractivity contribution in [2.75, 3.05) is 7.05 Å². The second kappa shape index (κ2) is 6.98. The zero-order valence-electron chi connectivity index (χ0n) is 11.5. The van der Waals surface area contributed by atoms with Crippen LogP contribution in [0.2, 0.25) is 10.0 Å². The van der Waals surface area contributed by atoms with Crippen molar-refractivity contribution in [3.8, 4) is 5.75 Å². The molecule has 0 saturated heterocycles. The highest BCUT2D eigenvalue weighted by Gasteiger charge is 2.06. The molecule has 0 amide bonds. The van der Waals surface area contributed by atoms with Crippen LogP contribution in [-0.2, 0) is 6.61 Å². The Bertz CT molecular complexity index is 569. The maximum absolute atomic E-state index is 6.12. The highest BCUT2D eigenvalue weighted by molar-refractivity contribution is 6.42. The molecule has 0 spiro atoms. The van der Waals surface area contributed by atoms with Gasteiger partial charge in [-0.15, -0.1) is 0 Å². The monoisotopic (exact) mass is 309 g/mol. The van der Waals surface area contributed by atoms with Crippen LogP contribution in [0.25, 0.3) is 0 Å². The third kappa shape index (κ3) is 3.66. The van der Waals surface area contributed by atoms with E-state index >= 15 is 0 Å². The van der Waals surface area contributed by atoms with Crippen LogP contribution in [0.1, 0.15) is 24.1 Å². The minimum Gasteiger partial charge on any atom is -0.489 e. The summed E-state index contributed by atoms with van der Waals surface area (Å²) in [7, 11) is 1.94. The summed E-state index contributed by atoms with van der Waals surface area (Å²) < 4.78 is 5.73. The number of ether oxygens (including phenoxy) is 1. The summed E-state index contributed by atoms with van der Waals surface area (Å²) in [6, 6.07) is 13.9. The third-order valence-corrected chi connectivity index (χ3v) is 4.10. The number of halogens is 2. The van der Waals surface area contributed by atoms with Gasteiger partial charge in [0.15, 0.2) is 0 Å². The van der Waals surface area contributed by atoms with Gasteiger partial charge in [0, 0.05) is 11.6 Å². The minimum absolute atomic E-state index is 0.325. The molecule has 20 heavy (non-hydrogen) atoms. The molecule has 2 aromatic rings. The van der Waals surface area contributed by atoms with Crippen LogP contribution >= 0.6 is 23.2 Å². The van der Waals surface area contributed by atoms with E-state index < -0.39 is 0 Å². The van der Waals surface area contributed by atoms with E-state index in [-0.39, 0.29) is 0 Å². The molecule has 0 bridgehead atoms. The van der Waals surface area contributed by atoms with Crippen LogP contribution in [0.5, 0.6) is 5.75 Å². The maximum Gasteiger partial charge on any atom is 0.119 e. The lowest BCUT2D eigenvalue weighted by molar-refractivity contribution is 0.306. The number of hydrogen-bond acceptors (Lipinski definition) is 2. The Morgan fingerprint density at radius 2 is 1.80 bits per heavy atom. The van der Waals surface area contributed by atoms with Crippen LogP contribution in [0.4, 0.5) is 0 Å². The second-order valence-corrected chi connectivity index (χ2v) is 5.37. The standard InChI is InChI=1S/C16H17Cl2NO/c1-11(19-2)12-6-8-14(9-7-12)20-10-13-4-3-5-15(17)16(13)18/h3-9,11,19H,10H2,1-2H3. The Kier molecular flexibility index (Phi) is 5.30. The highest BCUT2D eigenvalue weighted by atomic mass is 35.5. The van der Waals surface area contributed by atoms with Gasteiger partial charge in [-0.2, -0.15) is 0 Å². The SMILES string of the molecule is CNC(C)c1ccc(OCc2cccc(Cl)c2Cl)cc1. The summed E-state index contributed by atoms with van der Waals surface area (Å²) in [6.45, 7) is 2.52. The number of hydrogen-bond donors (Lipinski definition) is 1. The van der Waals surface area contributed by atoms with E-state index in [1.165, 1.54) is 5.56 Å². The van der Waals surface area contributed by atoms with Crippen molar-refractivity contribution < 1.29 is 4.74 Å². The molecule has 4 heteroatoms. The number of benzene rings is 2. The number of nitrogens with one attached hydrogen (secondary N) is 1. The van der Waals surface area contributed by atoms with Gasteiger partial charge >= 0.3 is 0 Å². The Morgan fingerprint density at radius 1 is 1.10 bits per heavy atom. The van der Waals surface area contributed by atoms with Crippen LogP contribution in [0.15, 0.2) is 42.5 Å². The quantitative estimate of drug-likeness (QED) is 0.852. The summed E-state index contributed by atoms with van der Waals surface area (Å²) in [5.41, 5.74) is 2.10. The molecular formula is C16H17Cl2NO. The van der Waals surface area contributed by atoms with Gasteiger partial charge in [-0.3, -0.25) is 0 Å². The molecule has 2 rings (SSSR count). The molecule has 0 radical (unpaired) electrons. The maximum atomic E-state index is 6.12. The molecule has 1 N–H and O–H groups in total. The third-order valence-electron chi connectivity index (χ3n) is 3.24. The first-order chi connectivity index (χ1) is 9.61. The fraction of sp³-hybridized carbons (Fsp3) is 0.250. The van der Waals surface area contributed by atoms with E-state index in [0.29, 0.717) is 22.7 Å². The van der Waals surface area contributed by atoms with Crippen molar-refractivity contribution in [1.82, 2.24) is 5.32 Å². The normalized spacial score (nSPS) is 12.2. The summed E-state index contributed by atoms with van der Waals surface area (Å²) >= 11 is 12.1. The zero-order chi connectivity index (χ0) is 14.5. The van der Waals surface area contributed by atoms with Gasteiger partial charge in [-0.05, 0) is 37.7 Å². The van der Waals surface area contributed by atoms with Gasteiger partial charge in [0.1, 0.15) is 12.4 Å². The first-order valence-electron chi connectivity index (χ1n) is 6.44. The van der Waals surface area contributed by atoms with Crippen LogP contribution in [0, 0.1) is 0 Å². The smallest absolute Gasteiger partial charge is 0.119 e. The molecule has 106 valence electrons. The van der Waals surface area contributed by atoms with E-state index in [9.17, 15) is 0 Å². The molecule has 0 aliphatic carbocycles. The molecule has 0 aliphatic heterocycles.